The number of amidine groups is 2. The number of amides is 1. The van der Waals surface area contributed by atoms with Gasteiger partial charge in [0.25, 0.3) is 5.91 Å². The van der Waals surface area contributed by atoms with Gasteiger partial charge in [0.05, 0.1) is 10.5 Å². The molecule has 0 saturated carbocycles. The summed E-state index contributed by atoms with van der Waals surface area (Å²) >= 11 is 2.85. The van der Waals surface area contributed by atoms with Gasteiger partial charge in [0.15, 0.2) is 5.84 Å². The third kappa shape index (κ3) is 2.92. The molecule has 8 heteroatoms. The van der Waals surface area contributed by atoms with Gasteiger partial charge >= 0.3 is 0 Å². The number of nitrogens with zero attached hydrogens (tertiary/aromatic N) is 3. The third-order valence-electron chi connectivity index (χ3n) is 4.16. The average Bonchev–Trinajstić information content (AvgIpc) is 3.45. The molecule has 6 nitrogen and oxygen atoms in total. The molecular formula is C20H12N4O2S2. The van der Waals surface area contributed by atoms with Crippen LogP contribution in [-0.4, -0.2) is 27.0 Å². The molecule has 2 aromatic heterocycles. The van der Waals surface area contributed by atoms with Crippen LogP contribution in [0.4, 0.5) is 0 Å². The number of furan rings is 1. The van der Waals surface area contributed by atoms with E-state index in [1.807, 2.05) is 53.9 Å². The van der Waals surface area contributed by atoms with E-state index < -0.39 is 5.91 Å². The molecule has 1 N–H and O–H groups in total. The smallest absolute Gasteiger partial charge is 0.283 e. The first kappa shape index (κ1) is 16.9. The molecule has 28 heavy (non-hydrogen) atoms. The molecule has 0 aliphatic carbocycles. The molecule has 0 atom stereocenters. The number of aliphatic imine (C=N–C) groups is 1. The molecule has 2 aliphatic rings. The number of hydrazone groups is 1. The minimum atomic E-state index is -0.468. The van der Waals surface area contributed by atoms with Crippen LogP contribution in [0, 0.1) is 5.41 Å². The number of fused-ring (bicyclic) bond motifs is 1. The molecular weight excluding hydrogens is 392 g/mol. The van der Waals surface area contributed by atoms with Gasteiger partial charge in [-0.05, 0) is 41.4 Å². The highest BCUT2D eigenvalue weighted by Crippen LogP contribution is 2.32. The molecule has 0 saturated heterocycles. The number of thiophene rings is 1. The van der Waals surface area contributed by atoms with E-state index in [-0.39, 0.29) is 11.4 Å². The SMILES string of the molecule is N=C1/C(=C/c2ccc(-c3ccccc3)o2)C(=O)N=C2SC(c3cccs3)=NN12. The largest absolute Gasteiger partial charge is 0.457 e. The lowest BCUT2D eigenvalue weighted by atomic mass is 10.1. The Morgan fingerprint density at radius 3 is 2.71 bits per heavy atom. The first-order chi connectivity index (χ1) is 13.7. The van der Waals surface area contributed by atoms with E-state index in [1.165, 1.54) is 16.8 Å². The maximum atomic E-state index is 12.5. The Kier molecular flexibility index (Phi) is 4.07. The molecule has 0 unspecified atom stereocenters. The number of rotatable bonds is 3. The van der Waals surface area contributed by atoms with Crippen LogP contribution in [0.1, 0.15) is 10.6 Å². The summed E-state index contributed by atoms with van der Waals surface area (Å²) in [5, 5.41) is 17.4. The van der Waals surface area contributed by atoms with Crippen LogP contribution in [0.25, 0.3) is 17.4 Å². The zero-order valence-corrected chi connectivity index (χ0v) is 16.0. The standard InChI is InChI=1S/C20H12N4O2S2/c21-17-14(11-13-8-9-15(26-13)12-5-2-1-3-6-12)18(25)22-20-24(17)23-19(28-20)16-7-4-10-27-16/h1-11,21H/b14-11-,21-17?. The molecule has 136 valence electrons. The summed E-state index contributed by atoms with van der Waals surface area (Å²) in [6, 6.07) is 17.2. The predicted molar refractivity (Wildman–Crippen MR) is 113 cm³/mol. The molecule has 4 heterocycles. The zero-order chi connectivity index (χ0) is 19.1. The van der Waals surface area contributed by atoms with Crippen molar-refractivity contribution >= 4 is 51.1 Å². The van der Waals surface area contributed by atoms with Crippen molar-refractivity contribution in [3.05, 3.63) is 76.2 Å². The van der Waals surface area contributed by atoms with E-state index >= 15 is 0 Å². The lowest BCUT2D eigenvalue weighted by Crippen LogP contribution is -2.35. The van der Waals surface area contributed by atoms with Gasteiger partial charge < -0.3 is 4.42 Å². The molecule has 1 amide bonds. The molecule has 0 spiro atoms. The fourth-order valence-electron chi connectivity index (χ4n) is 2.82. The highest BCUT2D eigenvalue weighted by molar-refractivity contribution is 8.27. The van der Waals surface area contributed by atoms with Gasteiger partial charge in [-0.15, -0.1) is 11.3 Å². The van der Waals surface area contributed by atoms with Crippen LogP contribution in [0.2, 0.25) is 0 Å². The third-order valence-corrected chi connectivity index (χ3v) is 6.11. The van der Waals surface area contributed by atoms with Crippen molar-refractivity contribution in [3.63, 3.8) is 0 Å². The van der Waals surface area contributed by atoms with Crippen molar-refractivity contribution in [3.8, 4) is 11.3 Å². The fraction of sp³-hybridized carbons (Fsp3) is 0. The minimum Gasteiger partial charge on any atom is -0.457 e. The highest BCUT2D eigenvalue weighted by atomic mass is 32.2. The number of carbonyl (C=O) groups excluding carboxylic acids is 1. The molecule has 2 aliphatic heterocycles. The summed E-state index contributed by atoms with van der Waals surface area (Å²) in [6.07, 6.45) is 1.54. The summed E-state index contributed by atoms with van der Waals surface area (Å²) in [5.74, 6) is 0.705. The summed E-state index contributed by atoms with van der Waals surface area (Å²) in [4.78, 5) is 17.6. The molecule has 3 aromatic rings. The van der Waals surface area contributed by atoms with Gasteiger partial charge in [-0.2, -0.15) is 15.1 Å². The molecule has 0 bridgehead atoms. The summed E-state index contributed by atoms with van der Waals surface area (Å²) in [7, 11) is 0. The first-order valence-corrected chi connectivity index (χ1v) is 10.1. The van der Waals surface area contributed by atoms with E-state index in [0.717, 1.165) is 15.5 Å². The Morgan fingerprint density at radius 2 is 1.93 bits per heavy atom. The highest BCUT2D eigenvalue weighted by Gasteiger charge is 2.36. The Balaban J connectivity index is 1.46. The molecule has 5 rings (SSSR count). The van der Waals surface area contributed by atoms with Crippen molar-refractivity contribution < 1.29 is 9.21 Å². The second-order valence-electron chi connectivity index (χ2n) is 5.97. The molecule has 0 radical (unpaired) electrons. The Hall–Kier alpha value is -3.23. The van der Waals surface area contributed by atoms with Crippen LogP contribution in [0.15, 0.2) is 80.1 Å². The van der Waals surface area contributed by atoms with Crippen LogP contribution in [0.5, 0.6) is 0 Å². The van der Waals surface area contributed by atoms with Crippen molar-refractivity contribution in [2.45, 2.75) is 0 Å². The van der Waals surface area contributed by atoms with Gasteiger partial charge in [-0.25, -0.2) is 0 Å². The number of hydrogen-bond acceptors (Lipinski definition) is 6. The van der Waals surface area contributed by atoms with E-state index in [0.29, 0.717) is 16.7 Å². The van der Waals surface area contributed by atoms with Gasteiger partial charge in [0.1, 0.15) is 16.6 Å². The Bertz CT molecular complexity index is 1170. The van der Waals surface area contributed by atoms with Crippen LogP contribution in [0.3, 0.4) is 0 Å². The van der Waals surface area contributed by atoms with E-state index in [1.54, 1.807) is 23.5 Å². The Morgan fingerprint density at radius 1 is 1.07 bits per heavy atom. The topological polar surface area (TPSA) is 82.0 Å². The van der Waals surface area contributed by atoms with Crippen LogP contribution >= 0.6 is 23.1 Å². The first-order valence-electron chi connectivity index (χ1n) is 8.38. The number of thioether (sulfide) groups is 1. The van der Waals surface area contributed by atoms with E-state index in [2.05, 4.69) is 10.1 Å². The predicted octanol–water partition coefficient (Wildman–Crippen LogP) is 4.68. The number of hydrogen-bond donors (Lipinski definition) is 1. The quantitative estimate of drug-likeness (QED) is 0.643. The van der Waals surface area contributed by atoms with Gasteiger partial charge in [-0.1, -0.05) is 36.4 Å². The molecule has 0 fully saturated rings. The molecule has 1 aromatic carbocycles. The zero-order valence-electron chi connectivity index (χ0n) is 14.3. The Labute approximate surface area is 168 Å². The lowest BCUT2D eigenvalue weighted by molar-refractivity contribution is -0.114. The summed E-state index contributed by atoms with van der Waals surface area (Å²) in [6.45, 7) is 0. The van der Waals surface area contributed by atoms with Gasteiger partial charge in [-0.3, -0.25) is 10.2 Å². The number of benzene rings is 1. The lowest BCUT2D eigenvalue weighted by Gasteiger charge is -2.19. The van der Waals surface area contributed by atoms with E-state index in [9.17, 15) is 4.79 Å². The van der Waals surface area contributed by atoms with Crippen molar-refractivity contribution in [2.24, 2.45) is 10.1 Å². The minimum absolute atomic E-state index is 0.00767. The van der Waals surface area contributed by atoms with Crippen LogP contribution in [-0.2, 0) is 4.79 Å². The summed E-state index contributed by atoms with van der Waals surface area (Å²) < 4.78 is 5.83. The maximum Gasteiger partial charge on any atom is 0.283 e. The monoisotopic (exact) mass is 404 g/mol. The van der Waals surface area contributed by atoms with Gasteiger partial charge in [0, 0.05) is 5.56 Å². The average molecular weight is 404 g/mol. The van der Waals surface area contributed by atoms with Crippen molar-refractivity contribution in [1.82, 2.24) is 5.01 Å². The van der Waals surface area contributed by atoms with Gasteiger partial charge in [0.2, 0.25) is 5.17 Å². The maximum absolute atomic E-state index is 12.5. The second-order valence-corrected chi connectivity index (χ2v) is 7.87. The van der Waals surface area contributed by atoms with E-state index in [4.69, 9.17) is 9.83 Å². The van der Waals surface area contributed by atoms with Crippen molar-refractivity contribution in [1.29, 1.82) is 5.41 Å². The normalized spacial score (nSPS) is 17.7. The van der Waals surface area contributed by atoms with Crippen molar-refractivity contribution in [2.75, 3.05) is 0 Å². The number of nitrogens with one attached hydrogen (secondary N) is 1. The van der Waals surface area contributed by atoms with Crippen LogP contribution < -0.4 is 0 Å². The second kappa shape index (κ2) is 6.74. The fourth-order valence-corrected chi connectivity index (χ4v) is 4.51. The summed E-state index contributed by atoms with van der Waals surface area (Å²) in [5.41, 5.74) is 1.09. The number of carbonyl (C=O) groups is 1.